The van der Waals surface area contributed by atoms with Crippen LogP contribution >= 0.6 is 24.0 Å². The normalized spacial score (nSPS) is 11.6. The van der Waals surface area contributed by atoms with E-state index in [1.807, 2.05) is 13.1 Å². The van der Waals surface area contributed by atoms with Crippen LogP contribution in [0.3, 0.4) is 0 Å². The second-order valence-electron chi connectivity index (χ2n) is 5.69. The average molecular weight is 428 g/mol. The zero-order chi connectivity index (χ0) is 17.4. The van der Waals surface area contributed by atoms with Crippen LogP contribution in [0.25, 0.3) is 5.69 Å². The monoisotopic (exact) mass is 427 g/mol. The van der Waals surface area contributed by atoms with Crippen molar-refractivity contribution in [3.05, 3.63) is 76.1 Å². The van der Waals surface area contributed by atoms with E-state index in [0.29, 0.717) is 41.0 Å². The minimum atomic E-state index is -0.324. The maximum absolute atomic E-state index is 14.4. The van der Waals surface area contributed by atoms with E-state index in [-0.39, 0.29) is 29.2 Å². The molecule has 0 amide bonds. The summed E-state index contributed by atoms with van der Waals surface area (Å²) in [7, 11) is 1.84. The average Bonchev–Trinajstić information content (AvgIpc) is 2.93. The van der Waals surface area contributed by atoms with Crippen LogP contribution in [0.4, 0.5) is 4.39 Å². The van der Waals surface area contributed by atoms with Crippen molar-refractivity contribution >= 4 is 29.7 Å². The molecule has 0 saturated heterocycles. The second kappa shape index (κ2) is 9.72. The van der Waals surface area contributed by atoms with Crippen LogP contribution in [0.2, 0.25) is 5.02 Å². The molecule has 5 N–H and O–H groups in total. The Morgan fingerprint density at radius 2 is 1.89 bits per heavy atom. The third-order valence-corrected chi connectivity index (χ3v) is 4.24. The summed E-state index contributed by atoms with van der Waals surface area (Å²) in [6, 6.07) is 12.0. The van der Waals surface area contributed by atoms with E-state index >= 15 is 0 Å². The number of rotatable bonds is 3. The first-order chi connectivity index (χ1) is 12.2. The van der Waals surface area contributed by atoms with Gasteiger partial charge in [-0.2, -0.15) is 0 Å². The van der Waals surface area contributed by atoms with E-state index in [4.69, 9.17) is 11.6 Å². The Morgan fingerprint density at radius 3 is 2.61 bits per heavy atom. The highest BCUT2D eigenvalue weighted by atomic mass is 35.5. The third kappa shape index (κ3) is 4.21. The number of aliphatic imine (C=N–C) groups is 1. The molecule has 0 unspecified atom stereocenters. The summed E-state index contributed by atoms with van der Waals surface area (Å²) in [4.78, 5) is 9.15. The maximum atomic E-state index is 14.4. The molecule has 10 heteroatoms. The molecule has 0 spiro atoms. The molecule has 2 aromatic carbocycles. The molecule has 7 nitrogen and oxygen atoms in total. The molecule has 0 atom stereocenters. The minimum Gasteiger partial charge on any atom is -0.412 e. The fourth-order valence-electron chi connectivity index (χ4n) is 2.92. The molecule has 0 saturated carbocycles. The fraction of sp³-hybridized carbons (Fsp3) is 0.167. The number of hydrogen-bond donors (Lipinski definition) is 1. The first-order valence-electron chi connectivity index (χ1n) is 7.86. The van der Waals surface area contributed by atoms with Crippen LogP contribution in [-0.4, -0.2) is 38.5 Å². The van der Waals surface area contributed by atoms with Gasteiger partial charge in [-0.1, -0.05) is 23.7 Å². The Kier molecular flexibility index (Phi) is 8.22. The van der Waals surface area contributed by atoms with Crippen molar-refractivity contribution in [2.45, 2.75) is 13.1 Å². The van der Waals surface area contributed by atoms with E-state index in [1.54, 1.807) is 35.0 Å². The molecule has 3 aromatic rings. The predicted molar refractivity (Wildman–Crippen MR) is 109 cm³/mol. The van der Waals surface area contributed by atoms with Crippen LogP contribution in [0.15, 0.2) is 47.5 Å². The van der Waals surface area contributed by atoms with Gasteiger partial charge in [-0.3, -0.25) is 4.99 Å². The zero-order valence-corrected chi connectivity index (χ0v) is 16.5. The summed E-state index contributed by atoms with van der Waals surface area (Å²) in [5.74, 6) is 1.07. The number of nitrogens with one attached hydrogen (secondary N) is 1. The topological polar surface area (TPSA) is 118 Å². The molecular weight excluding hydrogens is 408 g/mol. The molecular formula is C18H20Cl2FN5O2. The molecule has 1 aliphatic rings. The third-order valence-electron chi connectivity index (χ3n) is 4.00. The molecule has 0 bridgehead atoms. The summed E-state index contributed by atoms with van der Waals surface area (Å²) in [6.45, 7) is 0.874. The predicted octanol–water partition coefficient (Wildman–Crippen LogP) is 1.90. The highest BCUT2D eigenvalue weighted by Gasteiger charge is 2.23. The number of benzene rings is 2. The lowest BCUT2D eigenvalue weighted by Gasteiger charge is -2.11. The Bertz CT molecular complexity index is 994. The van der Waals surface area contributed by atoms with Crippen LogP contribution in [0.1, 0.15) is 22.8 Å². The van der Waals surface area contributed by atoms with Gasteiger partial charge in [0, 0.05) is 16.1 Å². The van der Waals surface area contributed by atoms with Gasteiger partial charge in [-0.05, 0) is 37.4 Å². The standard InChI is InChI=1S/C18H15ClFN5.ClH.2H2O/c1-21-9-16-23-17-10-22-18(12-4-2-3-5-14(12)20)13-8-11(19)6-7-15(13)25(17)24-16;;;/h2-8,21H,9-10H2,1H3;1H;2*1H2. The van der Waals surface area contributed by atoms with Gasteiger partial charge in [0.25, 0.3) is 0 Å². The SMILES string of the molecule is CNCc1nc2n(n1)-c1ccc(Cl)cc1C(c1ccccc1F)=NC2.Cl.O.O. The van der Waals surface area contributed by atoms with Crippen LogP contribution in [0, 0.1) is 5.82 Å². The molecule has 0 fully saturated rings. The van der Waals surface area contributed by atoms with Crippen molar-refractivity contribution in [3.8, 4) is 5.69 Å². The van der Waals surface area contributed by atoms with Gasteiger partial charge < -0.3 is 16.3 Å². The van der Waals surface area contributed by atoms with Crippen LogP contribution in [-0.2, 0) is 13.1 Å². The first-order valence-corrected chi connectivity index (χ1v) is 8.24. The van der Waals surface area contributed by atoms with Crippen LogP contribution < -0.4 is 5.32 Å². The van der Waals surface area contributed by atoms with Gasteiger partial charge in [0.2, 0.25) is 0 Å². The molecule has 2 heterocycles. The van der Waals surface area contributed by atoms with E-state index in [0.717, 1.165) is 11.3 Å². The number of aromatic nitrogens is 3. The summed E-state index contributed by atoms with van der Waals surface area (Å²) >= 11 is 6.20. The van der Waals surface area contributed by atoms with Crippen molar-refractivity contribution in [2.75, 3.05) is 7.05 Å². The van der Waals surface area contributed by atoms with Gasteiger partial charge in [0.15, 0.2) is 11.6 Å². The summed E-state index contributed by atoms with van der Waals surface area (Å²) in [5.41, 5.74) is 2.51. The molecule has 0 aliphatic carbocycles. The first kappa shape index (κ1) is 23.7. The summed E-state index contributed by atoms with van der Waals surface area (Å²) in [6.07, 6.45) is 0. The van der Waals surface area contributed by atoms with Gasteiger partial charge in [-0.25, -0.2) is 14.1 Å². The lowest BCUT2D eigenvalue weighted by molar-refractivity contribution is 0.625. The molecule has 4 rings (SSSR count). The number of hydrogen-bond acceptors (Lipinski definition) is 4. The van der Waals surface area contributed by atoms with Crippen LogP contribution in [0.5, 0.6) is 0 Å². The number of nitrogens with zero attached hydrogens (tertiary/aromatic N) is 4. The zero-order valence-electron chi connectivity index (χ0n) is 14.9. The van der Waals surface area contributed by atoms with E-state index < -0.39 is 0 Å². The Labute approximate surface area is 172 Å². The second-order valence-corrected chi connectivity index (χ2v) is 6.13. The summed E-state index contributed by atoms with van der Waals surface area (Å²) < 4.78 is 16.1. The van der Waals surface area contributed by atoms with Gasteiger partial charge in [-0.15, -0.1) is 17.5 Å². The maximum Gasteiger partial charge on any atom is 0.165 e. The molecule has 28 heavy (non-hydrogen) atoms. The van der Waals surface area contributed by atoms with Gasteiger partial charge >= 0.3 is 0 Å². The number of fused-ring (bicyclic) bond motifs is 3. The molecule has 1 aromatic heterocycles. The van der Waals surface area contributed by atoms with Gasteiger partial charge in [0.1, 0.15) is 5.82 Å². The minimum absolute atomic E-state index is 0. The van der Waals surface area contributed by atoms with E-state index in [2.05, 4.69) is 20.4 Å². The Balaban J connectivity index is 0.00000131. The van der Waals surface area contributed by atoms with E-state index in [1.165, 1.54) is 6.07 Å². The van der Waals surface area contributed by atoms with Crippen molar-refractivity contribution in [3.63, 3.8) is 0 Å². The quantitative estimate of drug-likeness (QED) is 0.686. The summed E-state index contributed by atoms with van der Waals surface area (Å²) in [5, 5.41) is 8.15. The fourth-order valence-corrected chi connectivity index (χ4v) is 3.09. The molecule has 1 aliphatic heterocycles. The van der Waals surface area contributed by atoms with E-state index in [9.17, 15) is 4.39 Å². The number of halogens is 3. The van der Waals surface area contributed by atoms with Gasteiger partial charge in [0.05, 0.1) is 24.5 Å². The highest BCUT2D eigenvalue weighted by Crippen LogP contribution is 2.27. The van der Waals surface area contributed by atoms with Crippen molar-refractivity contribution < 1.29 is 15.3 Å². The largest absolute Gasteiger partial charge is 0.412 e. The Hall–Kier alpha value is -2.36. The van der Waals surface area contributed by atoms with Crippen molar-refractivity contribution in [2.24, 2.45) is 4.99 Å². The lowest BCUT2D eigenvalue weighted by atomic mass is 10.00. The van der Waals surface area contributed by atoms with Crippen molar-refractivity contribution in [1.29, 1.82) is 0 Å². The molecule has 0 radical (unpaired) electrons. The Morgan fingerprint density at radius 1 is 1.14 bits per heavy atom. The molecule has 150 valence electrons. The lowest BCUT2D eigenvalue weighted by Crippen LogP contribution is -2.11. The smallest absolute Gasteiger partial charge is 0.165 e. The van der Waals surface area contributed by atoms with Crippen molar-refractivity contribution in [1.82, 2.24) is 20.1 Å². The highest BCUT2D eigenvalue weighted by molar-refractivity contribution is 6.31.